The van der Waals surface area contributed by atoms with E-state index in [9.17, 15) is 5.11 Å². The van der Waals surface area contributed by atoms with Gasteiger partial charge in [-0.3, -0.25) is 0 Å². The van der Waals surface area contributed by atoms with E-state index in [2.05, 4.69) is 26.2 Å². The molecule has 1 aromatic heterocycles. The van der Waals surface area contributed by atoms with E-state index in [0.717, 1.165) is 15.9 Å². The Morgan fingerprint density at radius 1 is 1.18 bits per heavy atom. The molecule has 3 nitrogen and oxygen atoms in total. The van der Waals surface area contributed by atoms with Crippen molar-refractivity contribution >= 4 is 21.7 Å². The van der Waals surface area contributed by atoms with E-state index < -0.39 is 6.10 Å². The molecule has 0 amide bonds. The standard InChI is InChI=1S/C13H13BrN2O/c14-11-6-7-13(15-8-11)16-9-12(17)10-4-2-1-3-5-10/h1-8,12,17H,9H2,(H,15,16). The van der Waals surface area contributed by atoms with Crippen molar-refractivity contribution in [3.8, 4) is 0 Å². The van der Waals surface area contributed by atoms with Crippen LogP contribution in [0.5, 0.6) is 0 Å². The number of hydrogen-bond acceptors (Lipinski definition) is 3. The molecule has 88 valence electrons. The van der Waals surface area contributed by atoms with Gasteiger partial charge in [-0.05, 0) is 33.6 Å². The van der Waals surface area contributed by atoms with Crippen LogP contribution in [0.4, 0.5) is 5.82 Å². The predicted molar refractivity (Wildman–Crippen MR) is 71.8 cm³/mol. The van der Waals surface area contributed by atoms with Gasteiger partial charge in [0.15, 0.2) is 0 Å². The van der Waals surface area contributed by atoms with Crippen LogP contribution in [0.15, 0.2) is 53.1 Å². The molecule has 0 saturated carbocycles. The van der Waals surface area contributed by atoms with Crippen molar-refractivity contribution in [2.24, 2.45) is 0 Å². The Balaban J connectivity index is 1.92. The van der Waals surface area contributed by atoms with Gasteiger partial charge in [0, 0.05) is 17.2 Å². The summed E-state index contributed by atoms with van der Waals surface area (Å²) in [5, 5.41) is 13.0. The minimum absolute atomic E-state index is 0.443. The van der Waals surface area contributed by atoms with Gasteiger partial charge in [-0.25, -0.2) is 4.98 Å². The molecule has 1 unspecified atom stereocenters. The average Bonchev–Trinajstić information content (AvgIpc) is 2.39. The molecule has 0 radical (unpaired) electrons. The first kappa shape index (κ1) is 12.1. The molecule has 0 aliphatic heterocycles. The molecule has 0 aliphatic carbocycles. The average molecular weight is 293 g/mol. The zero-order valence-corrected chi connectivity index (χ0v) is 10.8. The summed E-state index contributed by atoms with van der Waals surface area (Å²) in [6.07, 6.45) is 1.19. The van der Waals surface area contributed by atoms with Crippen LogP contribution in [0, 0.1) is 0 Å². The minimum Gasteiger partial charge on any atom is -0.387 e. The smallest absolute Gasteiger partial charge is 0.126 e. The molecule has 4 heteroatoms. The van der Waals surface area contributed by atoms with E-state index in [1.54, 1.807) is 6.20 Å². The molecule has 0 spiro atoms. The van der Waals surface area contributed by atoms with Crippen molar-refractivity contribution < 1.29 is 5.11 Å². The van der Waals surface area contributed by atoms with Crippen molar-refractivity contribution in [1.29, 1.82) is 0 Å². The zero-order chi connectivity index (χ0) is 12.1. The fraction of sp³-hybridized carbons (Fsp3) is 0.154. The number of anilines is 1. The normalized spacial score (nSPS) is 12.1. The number of benzene rings is 1. The third-order valence-corrected chi connectivity index (χ3v) is 2.86. The number of aliphatic hydroxyl groups excluding tert-OH is 1. The van der Waals surface area contributed by atoms with Gasteiger partial charge in [-0.2, -0.15) is 0 Å². The van der Waals surface area contributed by atoms with Crippen LogP contribution in [0.2, 0.25) is 0 Å². The van der Waals surface area contributed by atoms with Gasteiger partial charge in [0.25, 0.3) is 0 Å². The van der Waals surface area contributed by atoms with Gasteiger partial charge < -0.3 is 10.4 Å². The molecule has 1 heterocycles. The Hall–Kier alpha value is -1.39. The van der Waals surface area contributed by atoms with Gasteiger partial charge in [0.1, 0.15) is 5.82 Å². The van der Waals surface area contributed by atoms with Crippen molar-refractivity contribution in [2.45, 2.75) is 6.10 Å². The monoisotopic (exact) mass is 292 g/mol. The fourth-order valence-corrected chi connectivity index (χ4v) is 1.71. The number of nitrogens with zero attached hydrogens (tertiary/aromatic N) is 1. The minimum atomic E-state index is -0.526. The third kappa shape index (κ3) is 3.54. The second-order valence-electron chi connectivity index (χ2n) is 3.67. The number of aromatic nitrogens is 1. The van der Waals surface area contributed by atoms with Crippen LogP contribution in [0.1, 0.15) is 11.7 Å². The van der Waals surface area contributed by atoms with Crippen molar-refractivity contribution in [1.82, 2.24) is 4.98 Å². The first-order valence-electron chi connectivity index (χ1n) is 5.34. The van der Waals surface area contributed by atoms with Crippen LogP contribution in [-0.4, -0.2) is 16.6 Å². The van der Waals surface area contributed by atoms with Crippen LogP contribution in [-0.2, 0) is 0 Å². The maximum atomic E-state index is 9.94. The molecular formula is C13H13BrN2O. The van der Waals surface area contributed by atoms with E-state index in [1.165, 1.54) is 0 Å². The summed E-state index contributed by atoms with van der Waals surface area (Å²) in [6.45, 7) is 0.443. The fourth-order valence-electron chi connectivity index (χ4n) is 1.47. The van der Waals surface area contributed by atoms with Gasteiger partial charge in [-0.1, -0.05) is 30.3 Å². The first-order valence-corrected chi connectivity index (χ1v) is 6.13. The Morgan fingerprint density at radius 3 is 2.59 bits per heavy atom. The maximum Gasteiger partial charge on any atom is 0.126 e. The number of nitrogens with one attached hydrogen (secondary N) is 1. The second-order valence-corrected chi connectivity index (χ2v) is 4.58. The summed E-state index contributed by atoms with van der Waals surface area (Å²) in [5.41, 5.74) is 0.900. The van der Waals surface area contributed by atoms with Gasteiger partial charge in [0.05, 0.1) is 6.10 Å². The number of hydrogen-bond donors (Lipinski definition) is 2. The molecule has 17 heavy (non-hydrogen) atoms. The molecule has 1 atom stereocenters. The van der Waals surface area contributed by atoms with Crippen LogP contribution >= 0.6 is 15.9 Å². The van der Waals surface area contributed by atoms with Crippen LogP contribution in [0.25, 0.3) is 0 Å². The lowest BCUT2D eigenvalue weighted by Gasteiger charge is -2.12. The molecule has 0 saturated heterocycles. The quantitative estimate of drug-likeness (QED) is 0.911. The highest BCUT2D eigenvalue weighted by molar-refractivity contribution is 9.10. The lowest BCUT2D eigenvalue weighted by molar-refractivity contribution is 0.191. The largest absolute Gasteiger partial charge is 0.387 e. The van der Waals surface area contributed by atoms with Crippen LogP contribution in [0.3, 0.4) is 0 Å². The van der Waals surface area contributed by atoms with Gasteiger partial charge in [-0.15, -0.1) is 0 Å². The molecular weight excluding hydrogens is 280 g/mol. The third-order valence-electron chi connectivity index (χ3n) is 2.39. The predicted octanol–water partition coefficient (Wildman–Crippen LogP) is 2.99. The summed E-state index contributed by atoms with van der Waals surface area (Å²) >= 11 is 3.32. The Labute approximate surface area is 109 Å². The van der Waals surface area contributed by atoms with E-state index in [1.807, 2.05) is 42.5 Å². The highest BCUT2D eigenvalue weighted by atomic mass is 79.9. The number of pyridine rings is 1. The van der Waals surface area contributed by atoms with E-state index >= 15 is 0 Å². The van der Waals surface area contributed by atoms with E-state index in [-0.39, 0.29) is 0 Å². The highest BCUT2D eigenvalue weighted by Crippen LogP contribution is 2.14. The SMILES string of the molecule is OC(CNc1ccc(Br)cn1)c1ccccc1. The van der Waals surface area contributed by atoms with E-state index in [4.69, 9.17) is 0 Å². The van der Waals surface area contributed by atoms with E-state index in [0.29, 0.717) is 6.54 Å². The molecule has 2 aromatic rings. The highest BCUT2D eigenvalue weighted by Gasteiger charge is 2.06. The van der Waals surface area contributed by atoms with Crippen molar-refractivity contribution in [3.63, 3.8) is 0 Å². The molecule has 2 rings (SSSR count). The lowest BCUT2D eigenvalue weighted by Crippen LogP contribution is -2.12. The Morgan fingerprint density at radius 2 is 1.94 bits per heavy atom. The summed E-state index contributed by atoms with van der Waals surface area (Å²) in [7, 11) is 0. The summed E-state index contributed by atoms with van der Waals surface area (Å²) in [4.78, 5) is 4.17. The Bertz CT molecular complexity index is 459. The number of halogens is 1. The van der Waals surface area contributed by atoms with Crippen LogP contribution < -0.4 is 5.32 Å². The second kappa shape index (κ2) is 5.80. The molecule has 0 fully saturated rings. The first-order chi connectivity index (χ1) is 8.25. The molecule has 2 N–H and O–H groups in total. The molecule has 0 bridgehead atoms. The summed E-state index contributed by atoms with van der Waals surface area (Å²) in [5.74, 6) is 0.753. The number of aliphatic hydroxyl groups is 1. The molecule has 1 aromatic carbocycles. The molecule has 0 aliphatic rings. The maximum absolute atomic E-state index is 9.94. The number of rotatable bonds is 4. The Kier molecular flexibility index (Phi) is 4.12. The van der Waals surface area contributed by atoms with Crippen molar-refractivity contribution in [3.05, 3.63) is 58.7 Å². The van der Waals surface area contributed by atoms with Crippen molar-refractivity contribution in [2.75, 3.05) is 11.9 Å². The van der Waals surface area contributed by atoms with Gasteiger partial charge in [0.2, 0.25) is 0 Å². The summed E-state index contributed by atoms with van der Waals surface area (Å²) in [6, 6.07) is 13.3. The summed E-state index contributed by atoms with van der Waals surface area (Å²) < 4.78 is 0.937. The van der Waals surface area contributed by atoms with Gasteiger partial charge >= 0.3 is 0 Å². The topological polar surface area (TPSA) is 45.1 Å². The lowest BCUT2D eigenvalue weighted by atomic mass is 10.1. The zero-order valence-electron chi connectivity index (χ0n) is 9.18.